The van der Waals surface area contributed by atoms with Crippen LogP contribution in [0.15, 0.2) is 61.9 Å². The van der Waals surface area contributed by atoms with Crippen LogP contribution in [0.5, 0.6) is 0 Å². The van der Waals surface area contributed by atoms with Gasteiger partial charge in [0.05, 0.1) is 0 Å². The molecule has 0 unspecified atom stereocenters. The Morgan fingerprint density at radius 1 is 0.538 bits per heavy atom. The number of benzene rings is 3. The highest BCUT2D eigenvalue weighted by Crippen LogP contribution is 2.26. The second kappa shape index (κ2) is 8.04. The van der Waals surface area contributed by atoms with Crippen LogP contribution in [-0.2, 0) is 0 Å². The molecule has 0 bridgehead atoms. The molecule has 0 heterocycles. The Kier molecular flexibility index (Phi) is 6.16. The minimum atomic E-state index is 0.210. The molecule has 4 heteroatoms. The number of halogens is 3. The van der Waals surface area contributed by atoms with Gasteiger partial charge in [-0.2, -0.15) is 0 Å². The van der Waals surface area contributed by atoms with Crippen molar-refractivity contribution in [1.82, 2.24) is 0 Å². The van der Waals surface area contributed by atoms with Gasteiger partial charge in [0.15, 0.2) is 0 Å². The molecular weight excluding hydrogens is 515 g/mol. The normalized spacial score (nSPS) is 10.9. The standard InChI is InChI=1S/C22H20BBr3/c1-13-15(3)22(26)16(4)14(2)21(13)23(17-5-9-19(24)10-6-17)18-7-11-20(25)12-8-18/h5-12H,1-4H3. The van der Waals surface area contributed by atoms with Crippen molar-refractivity contribution < 1.29 is 0 Å². The fourth-order valence-corrected chi connectivity index (χ4v) is 4.69. The van der Waals surface area contributed by atoms with Crippen molar-refractivity contribution in [3.05, 3.63) is 84.2 Å². The van der Waals surface area contributed by atoms with Crippen LogP contribution in [0.2, 0.25) is 0 Å². The minimum absolute atomic E-state index is 0.210. The van der Waals surface area contributed by atoms with E-state index in [4.69, 9.17) is 0 Å². The first-order valence-electron chi connectivity index (χ1n) is 8.58. The molecule has 3 rings (SSSR count). The van der Waals surface area contributed by atoms with Crippen molar-refractivity contribution in [2.24, 2.45) is 0 Å². The topological polar surface area (TPSA) is 0 Å². The predicted molar refractivity (Wildman–Crippen MR) is 126 cm³/mol. The van der Waals surface area contributed by atoms with E-state index in [-0.39, 0.29) is 6.71 Å². The van der Waals surface area contributed by atoms with Crippen LogP contribution in [0.25, 0.3) is 0 Å². The monoisotopic (exact) mass is 532 g/mol. The highest BCUT2D eigenvalue weighted by Gasteiger charge is 2.27. The van der Waals surface area contributed by atoms with E-state index in [1.165, 1.54) is 43.1 Å². The Hall–Kier alpha value is -0.835. The van der Waals surface area contributed by atoms with Gasteiger partial charge < -0.3 is 0 Å². The second-order valence-corrected chi connectivity index (χ2v) is 9.39. The molecule has 132 valence electrons. The van der Waals surface area contributed by atoms with Crippen LogP contribution in [0.3, 0.4) is 0 Å². The molecule has 26 heavy (non-hydrogen) atoms. The summed E-state index contributed by atoms with van der Waals surface area (Å²) in [5, 5.41) is 0. The van der Waals surface area contributed by atoms with Gasteiger partial charge in [-0.05, 0) is 63.1 Å². The molecule has 0 aliphatic rings. The first-order chi connectivity index (χ1) is 12.3. The molecule has 3 aromatic rings. The third-order valence-electron chi connectivity index (χ3n) is 5.29. The molecule has 0 amide bonds. The van der Waals surface area contributed by atoms with Crippen LogP contribution in [0, 0.1) is 27.7 Å². The Labute approximate surface area is 181 Å². The Balaban J connectivity index is 2.32. The summed E-state index contributed by atoms with van der Waals surface area (Å²) in [5.41, 5.74) is 9.38. The Bertz CT molecular complexity index is 870. The fourth-order valence-electron chi connectivity index (χ4n) is 3.56. The molecule has 0 saturated carbocycles. The number of hydrogen-bond acceptors (Lipinski definition) is 0. The quantitative estimate of drug-likeness (QED) is 0.377. The molecular formula is C22H20BBr3. The lowest BCUT2D eigenvalue weighted by molar-refractivity contribution is 1.24. The van der Waals surface area contributed by atoms with Crippen molar-refractivity contribution in [3.8, 4) is 0 Å². The third kappa shape index (κ3) is 3.74. The van der Waals surface area contributed by atoms with E-state index in [1.54, 1.807) is 0 Å². The van der Waals surface area contributed by atoms with Gasteiger partial charge in [-0.1, -0.05) is 99.6 Å². The van der Waals surface area contributed by atoms with E-state index in [9.17, 15) is 0 Å². The molecule has 0 fully saturated rings. The molecule has 0 aromatic heterocycles. The van der Waals surface area contributed by atoms with Crippen LogP contribution < -0.4 is 16.4 Å². The lowest BCUT2D eigenvalue weighted by atomic mass is 9.35. The summed E-state index contributed by atoms with van der Waals surface area (Å²) in [6.45, 7) is 9.10. The highest BCUT2D eigenvalue weighted by atomic mass is 79.9. The average molecular weight is 535 g/mol. The van der Waals surface area contributed by atoms with E-state index >= 15 is 0 Å². The third-order valence-corrected chi connectivity index (χ3v) is 7.53. The van der Waals surface area contributed by atoms with Crippen LogP contribution >= 0.6 is 47.8 Å². The second-order valence-electron chi connectivity index (χ2n) is 6.76. The SMILES string of the molecule is Cc1c(C)c(B(c2ccc(Br)cc2)c2ccc(Br)cc2)c(C)c(C)c1Br. The van der Waals surface area contributed by atoms with Gasteiger partial charge in [0.25, 0.3) is 0 Å². The molecule has 0 atom stereocenters. The van der Waals surface area contributed by atoms with Crippen LogP contribution in [0.4, 0.5) is 0 Å². The zero-order valence-corrected chi connectivity index (χ0v) is 20.1. The molecule has 0 aliphatic heterocycles. The number of hydrogen-bond donors (Lipinski definition) is 0. The van der Waals surface area contributed by atoms with E-state index in [2.05, 4.69) is 124 Å². The lowest BCUT2D eigenvalue weighted by Gasteiger charge is -2.24. The lowest BCUT2D eigenvalue weighted by Crippen LogP contribution is -2.54. The minimum Gasteiger partial charge on any atom is -0.0686 e. The van der Waals surface area contributed by atoms with Crippen molar-refractivity contribution >= 4 is 70.9 Å². The zero-order chi connectivity index (χ0) is 19.0. The van der Waals surface area contributed by atoms with Gasteiger partial charge in [-0.15, -0.1) is 0 Å². The molecule has 3 aromatic carbocycles. The molecule has 0 aliphatic carbocycles. The summed E-state index contributed by atoms with van der Waals surface area (Å²) in [4.78, 5) is 0. The summed E-state index contributed by atoms with van der Waals surface area (Å²) in [6.07, 6.45) is 0. The van der Waals surface area contributed by atoms with Crippen molar-refractivity contribution in [3.63, 3.8) is 0 Å². The Morgan fingerprint density at radius 2 is 0.885 bits per heavy atom. The Morgan fingerprint density at radius 3 is 1.23 bits per heavy atom. The maximum Gasteiger partial charge on any atom is 0.241 e. The molecule has 0 saturated heterocycles. The number of rotatable bonds is 3. The maximum atomic E-state index is 3.78. The maximum absolute atomic E-state index is 3.78. The van der Waals surface area contributed by atoms with Gasteiger partial charge in [-0.25, -0.2) is 0 Å². The molecule has 0 radical (unpaired) electrons. The van der Waals surface area contributed by atoms with Crippen LogP contribution in [-0.4, -0.2) is 6.71 Å². The van der Waals surface area contributed by atoms with Crippen molar-refractivity contribution in [2.45, 2.75) is 27.7 Å². The largest absolute Gasteiger partial charge is 0.241 e. The first-order valence-corrected chi connectivity index (χ1v) is 11.0. The van der Waals surface area contributed by atoms with Crippen molar-refractivity contribution in [2.75, 3.05) is 0 Å². The summed E-state index contributed by atoms with van der Waals surface area (Å²) < 4.78 is 3.43. The fraction of sp³-hybridized carbons (Fsp3) is 0.182. The smallest absolute Gasteiger partial charge is 0.0686 e. The highest BCUT2D eigenvalue weighted by molar-refractivity contribution is 9.11. The van der Waals surface area contributed by atoms with E-state index in [1.807, 2.05) is 0 Å². The first kappa shape index (κ1) is 19.9. The van der Waals surface area contributed by atoms with E-state index in [0.717, 1.165) is 8.95 Å². The van der Waals surface area contributed by atoms with Gasteiger partial charge >= 0.3 is 0 Å². The van der Waals surface area contributed by atoms with Crippen molar-refractivity contribution in [1.29, 1.82) is 0 Å². The molecule has 0 N–H and O–H groups in total. The van der Waals surface area contributed by atoms with Gasteiger partial charge in [0.2, 0.25) is 6.71 Å². The average Bonchev–Trinajstić information content (AvgIpc) is 2.64. The van der Waals surface area contributed by atoms with E-state index in [0.29, 0.717) is 0 Å². The molecule has 0 nitrogen and oxygen atoms in total. The summed E-state index contributed by atoms with van der Waals surface area (Å²) in [5.74, 6) is 0. The van der Waals surface area contributed by atoms with Gasteiger partial charge in [0, 0.05) is 13.4 Å². The summed E-state index contributed by atoms with van der Waals surface area (Å²) >= 11 is 10.9. The van der Waals surface area contributed by atoms with E-state index < -0.39 is 0 Å². The van der Waals surface area contributed by atoms with Gasteiger partial charge in [-0.3, -0.25) is 0 Å². The summed E-state index contributed by atoms with van der Waals surface area (Å²) in [6, 6.07) is 17.4. The zero-order valence-electron chi connectivity index (χ0n) is 15.3. The summed E-state index contributed by atoms with van der Waals surface area (Å²) in [7, 11) is 0. The van der Waals surface area contributed by atoms with Crippen LogP contribution in [0.1, 0.15) is 22.3 Å². The predicted octanol–water partition coefficient (Wildman–Crippen LogP) is 5.72. The van der Waals surface area contributed by atoms with Gasteiger partial charge in [0.1, 0.15) is 0 Å². The molecule has 0 spiro atoms.